The Balaban J connectivity index is 1.66. The number of hydrogen-bond donors (Lipinski definition) is 7. The Morgan fingerprint density at radius 1 is 0.435 bits per heavy atom. The van der Waals surface area contributed by atoms with Gasteiger partial charge in [-0.05, 0) is 11.1 Å². The second kappa shape index (κ2) is 17.5. The normalized spacial score (nSPS) is 22.3. The summed E-state index contributed by atoms with van der Waals surface area (Å²) in [6, 6.07) is 7.98. The molecule has 1 unspecified atom stereocenters. The minimum atomic E-state index is -4.32. The molecule has 0 amide bonds. The molecular weight excluding hydrogens is 684 g/mol. The molecule has 2 fully saturated rings. The molecule has 2 aliphatic heterocycles. The van der Waals surface area contributed by atoms with Crippen LogP contribution in [0.15, 0.2) is 24.3 Å². The molecule has 0 aromatic heterocycles. The van der Waals surface area contributed by atoms with Gasteiger partial charge in [-0.15, -0.1) is 0 Å². The highest BCUT2D eigenvalue weighted by atomic mass is 31.2. The van der Waals surface area contributed by atoms with Gasteiger partial charge in [0.1, 0.15) is 18.9 Å². The monoisotopic (exact) mass is 734 g/mol. The van der Waals surface area contributed by atoms with Crippen molar-refractivity contribution in [3.8, 4) is 0 Å². The van der Waals surface area contributed by atoms with E-state index in [9.17, 15) is 52.5 Å². The van der Waals surface area contributed by atoms with Gasteiger partial charge in [-0.3, -0.25) is 47.7 Å². The fraction of sp³-hybridized carbons (Fsp3) is 0.760. The van der Waals surface area contributed by atoms with Crippen molar-refractivity contribution in [3.63, 3.8) is 0 Å². The highest BCUT2D eigenvalue weighted by molar-refractivity contribution is 7.57. The van der Waals surface area contributed by atoms with E-state index >= 15 is 0 Å². The maximum atomic E-state index is 12.1. The number of hydrogen-bond acceptors (Lipinski definition) is 10. The van der Waals surface area contributed by atoms with Gasteiger partial charge in [0.05, 0.1) is 6.29 Å². The summed E-state index contributed by atoms with van der Waals surface area (Å²) in [7, 11) is -16.2. The largest absolute Gasteiger partial charge is 0.344 e. The van der Waals surface area contributed by atoms with E-state index in [1.54, 1.807) is 14.7 Å². The van der Waals surface area contributed by atoms with Crippen LogP contribution in [0.1, 0.15) is 11.1 Å². The van der Waals surface area contributed by atoms with Crippen LogP contribution in [0, 0.1) is 0 Å². The molecular formula is C25H50N6O11P4. The van der Waals surface area contributed by atoms with Gasteiger partial charge >= 0.3 is 22.8 Å². The van der Waals surface area contributed by atoms with E-state index in [2.05, 4.69) is 9.80 Å². The van der Waals surface area contributed by atoms with Crippen LogP contribution >= 0.6 is 30.2 Å². The Labute approximate surface area is 270 Å². The third-order valence-electron chi connectivity index (χ3n) is 7.85. The zero-order valence-corrected chi connectivity index (χ0v) is 29.9. The minimum Gasteiger partial charge on any atom is -0.344 e. The SMILES string of the molecule is CP(=O)(O)CN1CCN(Cc2ccc(CN3CCN(CP(=O)(O)O)CCN(CP(=O)(O)O)CC3)cc2)CCN(CP(=O)(O)O)CC1. The van der Waals surface area contributed by atoms with Crippen LogP contribution in [0.2, 0.25) is 0 Å². The lowest BCUT2D eigenvalue weighted by Gasteiger charge is -2.27. The van der Waals surface area contributed by atoms with Crippen molar-refractivity contribution >= 4 is 30.2 Å². The van der Waals surface area contributed by atoms with E-state index in [4.69, 9.17) is 0 Å². The summed E-state index contributed by atoms with van der Waals surface area (Å²) in [5, 5.41) is 0. The maximum absolute atomic E-state index is 12.1. The maximum Gasteiger partial charge on any atom is 0.339 e. The third kappa shape index (κ3) is 17.3. The third-order valence-corrected chi connectivity index (χ3v) is 11.1. The first kappa shape index (κ1) is 40.1. The lowest BCUT2D eigenvalue weighted by molar-refractivity contribution is 0.216. The van der Waals surface area contributed by atoms with E-state index in [1.807, 2.05) is 29.2 Å². The molecule has 1 aromatic rings. The fourth-order valence-electron chi connectivity index (χ4n) is 5.67. The Kier molecular flexibility index (Phi) is 15.3. The first-order valence-electron chi connectivity index (χ1n) is 15.1. The summed E-state index contributed by atoms with van der Waals surface area (Å²) < 4.78 is 47.2. The zero-order chi connectivity index (χ0) is 34.2. The molecule has 2 heterocycles. The molecule has 2 aliphatic rings. The van der Waals surface area contributed by atoms with E-state index < -0.39 is 42.7 Å². The van der Waals surface area contributed by atoms with Crippen LogP contribution in [0.4, 0.5) is 0 Å². The molecule has 266 valence electrons. The Morgan fingerprint density at radius 3 is 0.870 bits per heavy atom. The van der Waals surface area contributed by atoms with Crippen molar-refractivity contribution in [1.29, 1.82) is 0 Å². The highest BCUT2D eigenvalue weighted by Crippen LogP contribution is 2.38. The zero-order valence-electron chi connectivity index (χ0n) is 26.3. The van der Waals surface area contributed by atoms with Gasteiger partial charge in [0.2, 0.25) is 7.37 Å². The molecule has 1 atom stereocenters. The van der Waals surface area contributed by atoms with Crippen LogP contribution in [-0.2, 0) is 31.3 Å². The Morgan fingerprint density at radius 2 is 0.652 bits per heavy atom. The fourth-order valence-corrected chi connectivity index (χ4v) is 9.11. The van der Waals surface area contributed by atoms with Gasteiger partial charge in [0, 0.05) is 98.3 Å². The van der Waals surface area contributed by atoms with Crippen LogP contribution < -0.4 is 0 Å². The number of benzene rings is 1. The van der Waals surface area contributed by atoms with E-state index in [0.29, 0.717) is 78.5 Å². The van der Waals surface area contributed by atoms with Crippen molar-refractivity contribution < 1.29 is 52.5 Å². The summed E-state index contributed by atoms with van der Waals surface area (Å²) in [5.41, 5.74) is 2.01. The smallest absolute Gasteiger partial charge is 0.339 e. The van der Waals surface area contributed by atoms with Gasteiger partial charge in [-0.1, -0.05) is 24.3 Å². The van der Waals surface area contributed by atoms with E-state index in [0.717, 1.165) is 11.1 Å². The predicted octanol–water partition coefficient (Wildman–Crippen LogP) is -0.211. The molecule has 17 nitrogen and oxygen atoms in total. The van der Waals surface area contributed by atoms with Crippen molar-refractivity contribution in [1.82, 2.24) is 29.4 Å². The molecule has 0 aliphatic carbocycles. The van der Waals surface area contributed by atoms with Crippen molar-refractivity contribution in [3.05, 3.63) is 35.4 Å². The standard InChI is InChI=1S/C25H50N6O11P4/c1-43(32,33)20-28-10-6-26(7-11-29(15-14-28)21-44(34,35)36)18-24-2-4-25(5-3-24)19-27-8-12-30(22-45(37,38)39)16-17-31(13-9-27)23-46(40,41)42/h2-5H,6-23H2,1H3,(H,32,33)(H2,34,35,36)(H2,37,38,39)(H2,40,41,42). The Bertz CT molecular complexity index is 1120. The van der Waals surface area contributed by atoms with Crippen LogP contribution in [0.5, 0.6) is 0 Å². The lowest BCUT2D eigenvalue weighted by Crippen LogP contribution is -2.36. The molecule has 0 spiro atoms. The summed E-state index contributed by atoms with van der Waals surface area (Å²) >= 11 is 0. The summed E-state index contributed by atoms with van der Waals surface area (Å²) in [4.78, 5) is 78.2. The van der Waals surface area contributed by atoms with Crippen molar-refractivity contribution in [2.24, 2.45) is 0 Å². The van der Waals surface area contributed by atoms with Crippen LogP contribution in [0.3, 0.4) is 0 Å². The summed E-state index contributed by atoms with van der Waals surface area (Å²) in [6.45, 7) is 7.69. The second-order valence-corrected chi connectivity index (χ2v) is 19.7. The summed E-state index contributed by atoms with van der Waals surface area (Å²) in [5.74, 6) is 0. The van der Waals surface area contributed by atoms with Crippen LogP contribution in [0.25, 0.3) is 0 Å². The molecule has 46 heavy (non-hydrogen) atoms. The molecule has 7 N–H and O–H groups in total. The minimum absolute atomic E-state index is 0.00390. The molecule has 1 aromatic carbocycles. The molecule has 0 radical (unpaired) electrons. The molecule has 3 rings (SSSR count). The van der Waals surface area contributed by atoms with Gasteiger partial charge < -0.3 is 34.3 Å². The summed E-state index contributed by atoms with van der Waals surface area (Å²) in [6.07, 6.45) is -1.23. The first-order valence-corrected chi connectivity index (χ1v) is 22.7. The lowest BCUT2D eigenvalue weighted by atomic mass is 10.1. The van der Waals surface area contributed by atoms with Crippen molar-refractivity contribution in [2.45, 2.75) is 13.1 Å². The average Bonchev–Trinajstić information content (AvgIpc) is 3.03. The van der Waals surface area contributed by atoms with Crippen LogP contribution in [-0.4, -0.2) is 174 Å². The molecule has 0 bridgehead atoms. The second-order valence-electron chi connectivity index (χ2n) is 12.5. The number of rotatable bonds is 12. The topological polar surface area (TPSA) is 229 Å². The van der Waals surface area contributed by atoms with E-state index in [-0.39, 0.29) is 25.7 Å². The first-order chi connectivity index (χ1) is 21.2. The highest BCUT2D eigenvalue weighted by Gasteiger charge is 2.27. The van der Waals surface area contributed by atoms with Gasteiger partial charge in [0.15, 0.2) is 0 Å². The number of nitrogens with zero attached hydrogens (tertiary/aromatic N) is 6. The van der Waals surface area contributed by atoms with Crippen molar-refractivity contribution in [2.75, 3.05) is 110 Å². The van der Waals surface area contributed by atoms with Gasteiger partial charge in [-0.2, -0.15) is 0 Å². The molecule has 2 saturated heterocycles. The predicted molar refractivity (Wildman–Crippen MR) is 175 cm³/mol. The quantitative estimate of drug-likeness (QED) is 0.138. The average molecular weight is 735 g/mol. The van der Waals surface area contributed by atoms with Gasteiger partial charge in [-0.25, -0.2) is 0 Å². The van der Waals surface area contributed by atoms with Gasteiger partial charge in [0.25, 0.3) is 0 Å². The van der Waals surface area contributed by atoms with E-state index in [1.165, 1.54) is 6.66 Å². The Hall–Kier alpha value is -0.380. The molecule has 21 heteroatoms. The molecule has 0 saturated carbocycles.